The molecule has 0 spiro atoms. The van der Waals surface area contributed by atoms with E-state index in [2.05, 4.69) is 24.1 Å². The van der Waals surface area contributed by atoms with Crippen molar-refractivity contribution < 1.29 is 14.3 Å². The molecule has 1 aromatic rings. The molecule has 0 bridgehead atoms. The first-order valence-electron chi connectivity index (χ1n) is 6.18. The molecular weight excluding hydrogens is 232 g/mol. The van der Waals surface area contributed by atoms with Crippen molar-refractivity contribution in [2.75, 3.05) is 26.9 Å². The number of esters is 1. The topological polar surface area (TPSA) is 63.4 Å². The Bertz CT molecular complexity index is 361. The van der Waals surface area contributed by atoms with E-state index >= 15 is 0 Å². The van der Waals surface area contributed by atoms with Crippen LogP contribution in [-0.4, -0.2) is 37.8 Å². The Hall–Kier alpha value is -1.33. The van der Waals surface area contributed by atoms with E-state index < -0.39 is 0 Å². The molecule has 0 aliphatic rings. The molecule has 1 rings (SSSR count). The van der Waals surface area contributed by atoms with Gasteiger partial charge in [0, 0.05) is 31.6 Å². The number of ether oxygens (including phenoxy) is 2. The summed E-state index contributed by atoms with van der Waals surface area (Å²) in [5.74, 6) is 0.239. The molecule has 0 atom stereocenters. The number of H-pyrrole nitrogens is 1. The van der Waals surface area contributed by atoms with Gasteiger partial charge in [-0.15, -0.1) is 0 Å². The molecule has 102 valence electrons. The highest BCUT2D eigenvalue weighted by molar-refractivity contribution is 5.90. The minimum atomic E-state index is -0.316. The smallest absolute Gasteiger partial charge is 0.339 e. The van der Waals surface area contributed by atoms with Crippen LogP contribution in [0.1, 0.15) is 29.9 Å². The summed E-state index contributed by atoms with van der Waals surface area (Å²) < 4.78 is 10.1. The summed E-state index contributed by atoms with van der Waals surface area (Å²) in [6, 6.07) is 1.72. The number of hydrogen-bond acceptors (Lipinski definition) is 4. The summed E-state index contributed by atoms with van der Waals surface area (Å²) >= 11 is 0. The van der Waals surface area contributed by atoms with Crippen LogP contribution in [0.25, 0.3) is 0 Å². The second-order valence-corrected chi connectivity index (χ2v) is 4.51. The molecular formula is C13H22N2O3. The zero-order valence-corrected chi connectivity index (χ0v) is 11.3. The van der Waals surface area contributed by atoms with Crippen molar-refractivity contribution in [2.24, 2.45) is 5.92 Å². The van der Waals surface area contributed by atoms with E-state index in [0.29, 0.717) is 24.6 Å². The third-order valence-electron chi connectivity index (χ3n) is 2.41. The van der Waals surface area contributed by atoms with Crippen molar-refractivity contribution in [3.8, 4) is 0 Å². The number of rotatable bonds is 8. The lowest BCUT2D eigenvalue weighted by Gasteiger charge is -2.08. The van der Waals surface area contributed by atoms with Gasteiger partial charge in [-0.2, -0.15) is 0 Å². The summed E-state index contributed by atoms with van der Waals surface area (Å²) in [6.07, 6.45) is 1.73. The van der Waals surface area contributed by atoms with Gasteiger partial charge in [-0.3, -0.25) is 0 Å². The first kappa shape index (κ1) is 14.7. The van der Waals surface area contributed by atoms with Crippen LogP contribution in [0.5, 0.6) is 0 Å². The van der Waals surface area contributed by atoms with Crippen molar-refractivity contribution in [1.29, 1.82) is 0 Å². The zero-order valence-electron chi connectivity index (χ0n) is 11.3. The number of nitrogens with one attached hydrogen (secondary N) is 2. The van der Waals surface area contributed by atoms with Gasteiger partial charge in [0.15, 0.2) is 0 Å². The molecule has 0 saturated heterocycles. The number of methoxy groups -OCH3 is 1. The van der Waals surface area contributed by atoms with E-state index in [-0.39, 0.29) is 5.97 Å². The first-order chi connectivity index (χ1) is 8.65. The van der Waals surface area contributed by atoms with E-state index in [1.54, 1.807) is 12.3 Å². The first-order valence-corrected chi connectivity index (χ1v) is 6.18. The van der Waals surface area contributed by atoms with Crippen LogP contribution < -0.4 is 5.32 Å². The minimum absolute atomic E-state index is 0.316. The molecule has 1 aromatic heterocycles. The van der Waals surface area contributed by atoms with Gasteiger partial charge in [-0.25, -0.2) is 4.79 Å². The van der Waals surface area contributed by atoms with Crippen molar-refractivity contribution in [3.63, 3.8) is 0 Å². The SMILES string of the molecule is COC(=O)c1cc[nH]c1CNCCOCC(C)C. The van der Waals surface area contributed by atoms with Crippen LogP contribution in [0.2, 0.25) is 0 Å². The fourth-order valence-corrected chi connectivity index (χ4v) is 1.53. The molecule has 5 nitrogen and oxygen atoms in total. The van der Waals surface area contributed by atoms with Crippen molar-refractivity contribution in [3.05, 3.63) is 23.5 Å². The van der Waals surface area contributed by atoms with Gasteiger partial charge in [0.2, 0.25) is 0 Å². The number of aromatic nitrogens is 1. The fourth-order valence-electron chi connectivity index (χ4n) is 1.53. The molecule has 0 aliphatic heterocycles. The number of carbonyl (C=O) groups excluding carboxylic acids is 1. The maximum Gasteiger partial charge on any atom is 0.339 e. The number of aromatic amines is 1. The van der Waals surface area contributed by atoms with E-state index in [1.165, 1.54) is 7.11 Å². The van der Waals surface area contributed by atoms with Gasteiger partial charge in [-0.05, 0) is 12.0 Å². The lowest BCUT2D eigenvalue weighted by atomic mass is 10.2. The predicted octanol–water partition coefficient (Wildman–Crippen LogP) is 1.56. The van der Waals surface area contributed by atoms with E-state index in [9.17, 15) is 4.79 Å². The predicted molar refractivity (Wildman–Crippen MR) is 69.5 cm³/mol. The molecule has 5 heteroatoms. The molecule has 0 fully saturated rings. The quantitative estimate of drug-likeness (QED) is 0.546. The third kappa shape index (κ3) is 4.89. The summed E-state index contributed by atoms with van der Waals surface area (Å²) in [7, 11) is 1.38. The van der Waals surface area contributed by atoms with Crippen LogP contribution in [0.15, 0.2) is 12.3 Å². The maximum absolute atomic E-state index is 11.4. The van der Waals surface area contributed by atoms with Crippen molar-refractivity contribution in [1.82, 2.24) is 10.3 Å². The van der Waals surface area contributed by atoms with E-state index in [1.807, 2.05) is 0 Å². The summed E-state index contributed by atoms with van der Waals surface area (Å²) in [5.41, 5.74) is 1.42. The van der Waals surface area contributed by atoms with Crippen LogP contribution in [0.4, 0.5) is 0 Å². The summed E-state index contributed by atoms with van der Waals surface area (Å²) in [4.78, 5) is 14.4. The lowest BCUT2D eigenvalue weighted by molar-refractivity contribution is 0.0599. The second-order valence-electron chi connectivity index (χ2n) is 4.51. The van der Waals surface area contributed by atoms with Gasteiger partial charge < -0.3 is 19.8 Å². The third-order valence-corrected chi connectivity index (χ3v) is 2.41. The van der Waals surface area contributed by atoms with Crippen molar-refractivity contribution in [2.45, 2.75) is 20.4 Å². The Labute approximate surface area is 108 Å². The molecule has 0 aliphatic carbocycles. The highest BCUT2D eigenvalue weighted by atomic mass is 16.5. The van der Waals surface area contributed by atoms with Gasteiger partial charge >= 0.3 is 5.97 Å². The van der Waals surface area contributed by atoms with E-state index in [0.717, 1.165) is 18.8 Å². The highest BCUT2D eigenvalue weighted by Gasteiger charge is 2.11. The van der Waals surface area contributed by atoms with Gasteiger partial charge in [0.25, 0.3) is 0 Å². The molecule has 18 heavy (non-hydrogen) atoms. The monoisotopic (exact) mass is 254 g/mol. The second kappa shape index (κ2) is 7.89. The van der Waals surface area contributed by atoms with Gasteiger partial charge in [0.1, 0.15) is 0 Å². The Balaban J connectivity index is 2.23. The van der Waals surface area contributed by atoms with Gasteiger partial charge in [-0.1, -0.05) is 13.8 Å². The molecule has 0 aromatic carbocycles. The van der Waals surface area contributed by atoms with Crippen molar-refractivity contribution >= 4 is 5.97 Å². The number of carbonyl (C=O) groups is 1. The summed E-state index contributed by atoms with van der Waals surface area (Å²) in [5, 5.41) is 3.22. The highest BCUT2D eigenvalue weighted by Crippen LogP contribution is 2.07. The van der Waals surface area contributed by atoms with Crippen LogP contribution >= 0.6 is 0 Å². The Morgan fingerprint density at radius 1 is 1.50 bits per heavy atom. The summed E-state index contributed by atoms with van der Waals surface area (Å²) in [6.45, 7) is 7.04. The fraction of sp³-hybridized carbons (Fsp3) is 0.615. The van der Waals surface area contributed by atoms with Crippen LogP contribution in [-0.2, 0) is 16.0 Å². The van der Waals surface area contributed by atoms with Crippen LogP contribution in [0.3, 0.4) is 0 Å². The van der Waals surface area contributed by atoms with Gasteiger partial charge in [0.05, 0.1) is 19.3 Å². The molecule has 0 saturated carbocycles. The lowest BCUT2D eigenvalue weighted by Crippen LogP contribution is -2.21. The van der Waals surface area contributed by atoms with Crippen LogP contribution in [0, 0.1) is 5.92 Å². The Morgan fingerprint density at radius 3 is 2.94 bits per heavy atom. The molecule has 0 unspecified atom stereocenters. The minimum Gasteiger partial charge on any atom is -0.465 e. The Kier molecular flexibility index (Phi) is 6.46. The average molecular weight is 254 g/mol. The van der Waals surface area contributed by atoms with E-state index in [4.69, 9.17) is 9.47 Å². The normalized spacial score (nSPS) is 10.9. The molecule has 2 N–H and O–H groups in total. The Morgan fingerprint density at radius 2 is 2.28 bits per heavy atom. The standard InChI is InChI=1S/C13H22N2O3/c1-10(2)9-18-7-6-14-8-12-11(4-5-15-12)13(16)17-3/h4-5,10,14-15H,6-9H2,1-3H3. The largest absolute Gasteiger partial charge is 0.465 e. The molecule has 1 heterocycles. The number of hydrogen-bond donors (Lipinski definition) is 2. The zero-order chi connectivity index (χ0) is 13.4. The molecule has 0 radical (unpaired) electrons. The molecule has 0 amide bonds. The maximum atomic E-state index is 11.4. The average Bonchev–Trinajstić information content (AvgIpc) is 2.80.